The molecule has 0 spiro atoms. The fraction of sp³-hybridized carbons (Fsp3) is 0.125. The van der Waals surface area contributed by atoms with Crippen LogP contribution in [0.4, 0.5) is 5.69 Å². The van der Waals surface area contributed by atoms with E-state index in [0.717, 1.165) is 10.2 Å². The molecule has 0 aliphatic rings. The van der Waals surface area contributed by atoms with Crippen molar-refractivity contribution >= 4 is 33.4 Å². The van der Waals surface area contributed by atoms with Crippen LogP contribution >= 0.6 is 15.9 Å². The molecule has 108 valence electrons. The summed E-state index contributed by atoms with van der Waals surface area (Å²) in [6.45, 7) is 0.194. The van der Waals surface area contributed by atoms with Gasteiger partial charge in [0.2, 0.25) is 0 Å². The molecule has 0 atom stereocenters. The van der Waals surface area contributed by atoms with Crippen LogP contribution in [0.1, 0.15) is 20.7 Å². The third-order valence-electron chi connectivity index (χ3n) is 2.93. The Morgan fingerprint density at radius 1 is 1.00 bits per heavy atom. The van der Waals surface area contributed by atoms with Gasteiger partial charge in [0.25, 0.3) is 0 Å². The molecule has 5 heteroatoms. The van der Waals surface area contributed by atoms with Gasteiger partial charge in [-0.2, -0.15) is 0 Å². The van der Waals surface area contributed by atoms with Crippen LogP contribution in [0.25, 0.3) is 0 Å². The lowest BCUT2D eigenvalue weighted by atomic mass is 10.1. The number of ether oxygens (including phenoxy) is 1. The van der Waals surface area contributed by atoms with Gasteiger partial charge in [-0.3, -0.25) is 4.79 Å². The van der Waals surface area contributed by atoms with Gasteiger partial charge in [0.1, 0.15) is 0 Å². The van der Waals surface area contributed by atoms with Crippen molar-refractivity contribution in [1.29, 1.82) is 0 Å². The van der Waals surface area contributed by atoms with E-state index in [0.29, 0.717) is 11.1 Å². The Morgan fingerprint density at radius 2 is 1.57 bits per heavy atom. The van der Waals surface area contributed by atoms with Crippen LogP contribution in [0, 0.1) is 0 Å². The van der Waals surface area contributed by atoms with Crippen molar-refractivity contribution in [3.05, 3.63) is 64.1 Å². The van der Waals surface area contributed by atoms with Gasteiger partial charge < -0.3 is 10.1 Å². The van der Waals surface area contributed by atoms with Crippen LogP contribution in [0.5, 0.6) is 0 Å². The van der Waals surface area contributed by atoms with Gasteiger partial charge in [0.05, 0.1) is 19.2 Å². The van der Waals surface area contributed by atoms with Crippen molar-refractivity contribution in [2.75, 3.05) is 19.0 Å². The van der Waals surface area contributed by atoms with Crippen molar-refractivity contribution in [2.45, 2.75) is 0 Å². The summed E-state index contributed by atoms with van der Waals surface area (Å²) in [5.74, 6) is -0.382. The number of esters is 1. The molecule has 0 aliphatic heterocycles. The number of hydrogen-bond acceptors (Lipinski definition) is 4. The predicted molar refractivity (Wildman–Crippen MR) is 84.7 cm³/mol. The smallest absolute Gasteiger partial charge is 0.337 e. The van der Waals surface area contributed by atoms with E-state index in [1.165, 1.54) is 7.11 Å². The summed E-state index contributed by atoms with van der Waals surface area (Å²) in [6, 6.07) is 14.0. The Hall–Kier alpha value is -2.14. The average molecular weight is 348 g/mol. The highest BCUT2D eigenvalue weighted by Gasteiger charge is 2.07. The van der Waals surface area contributed by atoms with Crippen LogP contribution in [0.3, 0.4) is 0 Å². The van der Waals surface area contributed by atoms with Gasteiger partial charge in [0, 0.05) is 15.7 Å². The van der Waals surface area contributed by atoms with Crippen molar-refractivity contribution in [3.8, 4) is 0 Å². The normalized spacial score (nSPS) is 10.0. The Kier molecular flexibility index (Phi) is 5.11. The highest BCUT2D eigenvalue weighted by Crippen LogP contribution is 2.13. The van der Waals surface area contributed by atoms with E-state index in [2.05, 4.69) is 26.0 Å². The van der Waals surface area contributed by atoms with Crippen molar-refractivity contribution in [2.24, 2.45) is 0 Å². The minimum absolute atomic E-state index is 0.000422. The SMILES string of the molecule is COC(=O)c1ccc(NCC(=O)c2ccc(Br)cc2)cc1. The molecule has 0 amide bonds. The molecule has 1 N–H and O–H groups in total. The van der Waals surface area contributed by atoms with Gasteiger partial charge >= 0.3 is 5.97 Å². The zero-order chi connectivity index (χ0) is 15.2. The monoisotopic (exact) mass is 347 g/mol. The summed E-state index contributed by atoms with van der Waals surface area (Å²) in [4.78, 5) is 23.3. The van der Waals surface area contributed by atoms with Crippen LogP contribution in [0.2, 0.25) is 0 Å². The zero-order valence-electron chi connectivity index (χ0n) is 11.4. The molecule has 0 saturated heterocycles. The second-order valence-electron chi connectivity index (χ2n) is 4.35. The van der Waals surface area contributed by atoms with Crippen LogP contribution < -0.4 is 5.32 Å². The number of ketones is 1. The summed E-state index contributed by atoms with van der Waals surface area (Å²) in [5.41, 5.74) is 1.90. The minimum atomic E-state index is -0.382. The Labute approximate surface area is 131 Å². The lowest BCUT2D eigenvalue weighted by molar-refractivity contribution is 0.0600. The number of benzene rings is 2. The largest absolute Gasteiger partial charge is 0.465 e. The molecule has 0 fully saturated rings. The highest BCUT2D eigenvalue weighted by molar-refractivity contribution is 9.10. The third kappa shape index (κ3) is 4.16. The van der Waals surface area contributed by atoms with Gasteiger partial charge in [-0.15, -0.1) is 0 Å². The summed E-state index contributed by atoms with van der Waals surface area (Å²) in [6.07, 6.45) is 0. The first kappa shape index (κ1) is 15.3. The predicted octanol–water partition coefficient (Wildman–Crippen LogP) is 3.53. The molecule has 2 aromatic carbocycles. The highest BCUT2D eigenvalue weighted by atomic mass is 79.9. The lowest BCUT2D eigenvalue weighted by Gasteiger charge is -2.07. The van der Waals surface area contributed by atoms with Gasteiger partial charge in [-0.25, -0.2) is 4.79 Å². The van der Waals surface area contributed by atoms with E-state index in [9.17, 15) is 9.59 Å². The van der Waals surface area contributed by atoms with Crippen LogP contribution in [-0.4, -0.2) is 25.4 Å². The lowest BCUT2D eigenvalue weighted by Crippen LogP contribution is -2.14. The maximum absolute atomic E-state index is 12.0. The summed E-state index contributed by atoms with van der Waals surface area (Å²) in [5, 5.41) is 3.03. The van der Waals surface area contributed by atoms with Crippen molar-refractivity contribution < 1.29 is 14.3 Å². The fourth-order valence-electron chi connectivity index (χ4n) is 1.76. The molecule has 0 bridgehead atoms. The van der Waals surface area contributed by atoms with E-state index in [-0.39, 0.29) is 18.3 Å². The van der Waals surface area contributed by atoms with E-state index >= 15 is 0 Å². The third-order valence-corrected chi connectivity index (χ3v) is 3.45. The van der Waals surface area contributed by atoms with Crippen LogP contribution in [-0.2, 0) is 4.74 Å². The average Bonchev–Trinajstić information content (AvgIpc) is 2.53. The molecule has 0 unspecified atom stereocenters. The first-order valence-electron chi connectivity index (χ1n) is 6.31. The molecular weight excluding hydrogens is 334 g/mol. The van der Waals surface area contributed by atoms with Crippen molar-refractivity contribution in [1.82, 2.24) is 0 Å². The fourth-order valence-corrected chi connectivity index (χ4v) is 2.03. The quantitative estimate of drug-likeness (QED) is 0.663. The number of Topliss-reactive ketones (excluding diaryl/α,β-unsaturated/α-hetero) is 1. The maximum Gasteiger partial charge on any atom is 0.337 e. The summed E-state index contributed by atoms with van der Waals surface area (Å²) < 4.78 is 5.56. The number of hydrogen-bond donors (Lipinski definition) is 1. The molecule has 0 heterocycles. The molecule has 2 aromatic rings. The molecule has 0 aromatic heterocycles. The molecule has 4 nitrogen and oxygen atoms in total. The standard InChI is InChI=1S/C16H14BrNO3/c1-21-16(20)12-4-8-14(9-5-12)18-10-15(19)11-2-6-13(17)7-3-11/h2-9,18H,10H2,1H3. The number of carbonyl (C=O) groups is 2. The topological polar surface area (TPSA) is 55.4 Å². The number of rotatable bonds is 5. The van der Waals surface area contributed by atoms with Gasteiger partial charge in [-0.05, 0) is 36.4 Å². The number of halogens is 1. The molecule has 21 heavy (non-hydrogen) atoms. The van der Waals surface area contributed by atoms with Crippen LogP contribution in [0.15, 0.2) is 53.0 Å². The second-order valence-corrected chi connectivity index (χ2v) is 5.27. The van der Waals surface area contributed by atoms with E-state index in [1.807, 2.05) is 12.1 Å². The first-order valence-corrected chi connectivity index (χ1v) is 7.10. The Balaban J connectivity index is 1.95. The molecule has 0 radical (unpaired) electrons. The zero-order valence-corrected chi connectivity index (χ0v) is 13.0. The number of anilines is 1. The molecular formula is C16H14BrNO3. The van der Waals surface area contributed by atoms with E-state index < -0.39 is 0 Å². The molecule has 0 saturated carbocycles. The van der Waals surface area contributed by atoms with Crippen molar-refractivity contribution in [3.63, 3.8) is 0 Å². The summed E-state index contributed by atoms with van der Waals surface area (Å²) in [7, 11) is 1.34. The van der Waals surface area contributed by atoms with Gasteiger partial charge in [0.15, 0.2) is 5.78 Å². The molecule has 2 rings (SSSR count). The number of carbonyl (C=O) groups excluding carboxylic acids is 2. The van der Waals surface area contributed by atoms with E-state index in [4.69, 9.17) is 0 Å². The number of nitrogens with one attached hydrogen (secondary N) is 1. The molecule has 0 aliphatic carbocycles. The Morgan fingerprint density at radius 3 is 2.14 bits per heavy atom. The van der Waals surface area contributed by atoms with Gasteiger partial charge in [-0.1, -0.05) is 28.1 Å². The van der Waals surface area contributed by atoms with E-state index in [1.54, 1.807) is 36.4 Å². The second kappa shape index (κ2) is 7.04. The Bertz CT molecular complexity index is 636. The minimum Gasteiger partial charge on any atom is -0.465 e. The maximum atomic E-state index is 12.0. The first-order chi connectivity index (χ1) is 10.1. The summed E-state index contributed by atoms with van der Waals surface area (Å²) >= 11 is 3.33. The number of methoxy groups -OCH3 is 1.